The second-order valence-electron chi connectivity index (χ2n) is 15.3. The first-order valence-electron chi connectivity index (χ1n) is 19.7. The molecule has 0 spiro atoms. The Balaban J connectivity index is 0.831. The highest BCUT2D eigenvalue weighted by atomic mass is 16.5. The van der Waals surface area contributed by atoms with Crippen LogP contribution < -0.4 is 9.47 Å². The maximum Gasteiger partial charge on any atom is 0.152 e. The third-order valence-corrected chi connectivity index (χ3v) is 12.1. The number of rotatable bonds is 4. The van der Waals surface area contributed by atoms with Gasteiger partial charge in [-0.2, -0.15) is 0 Å². The van der Waals surface area contributed by atoms with Crippen LogP contribution in [0.25, 0.3) is 99.5 Å². The molecule has 270 valence electrons. The van der Waals surface area contributed by atoms with Gasteiger partial charge in [-0.05, 0) is 117 Å². The van der Waals surface area contributed by atoms with Gasteiger partial charge in [-0.1, -0.05) is 121 Å². The first kappa shape index (κ1) is 31.4. The predicted octanol–water partition coefficient (Wildman–Crippen LogP) is 14.8. The standard InChI is InChI=1S/C54H32N2O2/c1-3-17-49-47(15-1)55-45-27-25-39(31-43(45)41-13-7-19-51(57-49)53(41)55)34-23-21-33(22-24-34)35-9-5-10-36(29-35)37-11-6-12-38(30-37)40-26-28-46-44(32-40)42-14-8-20-52-54(42)56(46)48-16-2-4-18-50(48)58-52/h1-32H. The van der Waals surface area contributed by atoms with E-state index in [2.05, 4.69) is 179 Å². The Morgan fingerprint density at radius 3 is 1.10 bits per heavy atom. The van der Waals surface area contributed by atoms with Gasteiger partial charge in [-0.3, -0.25) is 0 Å². The van der Waals surface area contributed by atoms with Crippen molar-refractivity contribution in [2.45, 2.75) is 0 Å². The zero-order chi connectivity index (χ0) is 37.9. The molecule has 2 aliphatic heterocycles. The number of para-hydroxylation sites is 6. The Kier molecular flexibility index (Phi) is 6.41. The third kappa shape index (κ3) is 4.51. The van der Waals surface area contributed by atoms with Crippen LogP contribution in [0.4, 0.5) is 0 Å². The van der Waals surface area contributed by atoms with Gasteiger partial charge in [-0.15, -0.1) is 0 Å². The Hall–Kier alpha value is -7.82. The van der Waals surface area contributed by atoms with Gasteiger partial charge in [0.25, 0.3) is 0 Å². The van der Waals surface area contributed by atoms with Gasteiger partial charge in [0.2, 0.25) is 0 Å². The molecule has 2 aliphatic rings. The Bertz CT molecular complexity index is 3510. The lowest BCUT2D eigenvalue weighted by atomic mass is 9.95. The van der Waals surface area contributed by atoms with E-state index in [1.165, 1.54) is 77.1 Å². The van der Waals surface area contributed by atoms with E-state index in [1.807, 2.05) is 24.3 Å². The number of fused-ring (bicyclic) bond motifs is 10. The van der Waals surface area contributed by atoms with Crippen LogP contribution in [-0.4, -0.2) is 9.13 Å². The summed E-state index contributed by atoms with van der Waals surface area (Å²) in [5.74, 6) is 3.54. The molecule has 0 aliphatic carbocycles. The van der Waals surface area contributed by atoms with Crippen LogP contribution in [0.1, 0.15) is 0 Å². The van der Waals surface area contributed by atoms with Crippen LogP contribution in [0.2, 0.25) is 0 Å². The Labute approximate surface area is 334 Å². The summed E-state index contributed by atoms with van der Waals surface area (Å²) in [4.78, 5) is 0. The second-order valence-corrected chi connectivity index (χ2v) is 15.3. The van der Waals surface area contributed by atoms with Crippen LogP contribution in [-0.2, 0) is 0 Å². The molecule has 0 unspecified atom stereocenters. The van der Waals surface area contributed by atoms with Crippen molar-refractivity contribution in [1.82, 2.24) is 9.13 Å². The first-order chi connectivity index (χ1) is 28.7. The van der Waals surface area contributed by atoms with Crippen molar-refractivity contribution >= 4 is 43.6 Å². The van der Waals surface area contributed by atoms with Gasteiger partial charge < -0.3 is 18.6 Å². The molecule has 0 atom stereocenters. The van der Waals surface area contributed by atoms with Crippen LogP contribution in [0.15, 0.2) is 194 Å². The third-order valence-electron chi connectivity index (χ3n) is 12.1. The Morgan fingerprint density at radius 2 is 0.621 bits per heavy atom. The van der Waals surface area contributed by atoms with Crippen molar-refractivity contribution in [2.75, 3.05) is 0 Å². The average molecular weight is 741 g/mol. The number of nitrogens with zero attached hydrogens (tertiary/aromatic N) is 2. The van der Waals surface area contributed by atoms with E-state index in [9.17, 15) is 0 Å². The van der Waals surface area contributed by atoms with E-state index >= 15 is 0 Å². The van der Waals surface area contributed by atoms with Gasteiger partial charge in [-0.25, -0.2) is 0 Å². The molecule has 0 N–H and O–H groups in total. The van der Waals surface area contributed by atoms with Crippen LogP contribution in [0.5, 0.6) is 23.0 Å². The van der Waals surface area contributed by atoms with Crippen molar-refractivity contribution in [2.24, 2.45) is 0 Å². The molecular formula is C54H32N2O2. The van der Waals surface area contributed by atoms with Crippen molar-refractivity contribution in [3.8, 4) is 78.9 Å². The highest BCUT2D eigenvalue weighted by Crippen LogP contribution is 2.47. The predicted molar refractivity (Wildman–Crippen MR) is 237 cm³/mol. The molecule has 0 saturated carbocycles. The monoisotopic (exact) mass is 740 g/mol. The number of hydrogen-bond acceptors (Lipinski definition) is 2. The Morgan fingerprint density at radius 1 is 0.259 bits per heavy atom. The van der Waals surface area contributed by atoms with Gasteiger partial charge in [0, 0.05) is 21.5 Å². The van der Waals surface area contributed by atoms with Crippen LogP contribution in [0, 0.1) is 0 Å². The van der Waals surface area contributed by atoms with Gasteiger partial charge in [0.1, 0.15) is 0 Å². The largest absolute Gasteiger partial charge is 0.453 e. The smallest absolute Gasteiger partial charge is 0.152 e. The molecule has 0 amide bonds. The lowest BCUT2D eigenvalue weighted by Crippen LogP contribution is -2.03. The topological polar surface area (TPSA) is 28.3 Å². The van der Waals surface area contributed by atoms with Crippen LogP contribution in [0.3, 0.4) is 0 Å². The number of hydrogen-bond donors (Lipinski definition) is 0. The molecule has 0 radical (unpaired) electrons. The van der Waals surface area contributed by atoms with Crippen molar-refractivity contribution in [3.63, 3.8) is 0 Å². The van der Waals surface area contributed by atoms with E-state index in [0.717, 1.165) is 45.4 Å². The molecule has 4 nitrogen and oxygen atoms in total. The second kappa shape index (κ2) is 11.8. The fraction of sp³-hybridized carbons (Fsp3) is 0. The zero-order valence-corrected chi connectivity index (χ0v) is 31.2. The van der Waals surface area contributed by atoms with Crippen LogP contribution >= 0.6 is 0 Å². The maximum atomic E-state index is 6.35. The van der Waals surface area contributed by atoms with Crippen molar-refractivity contribution in [3.05, 3.63) is 194 Å². The average Bonchev–Trinajstić information content (AvgIpc) is 3.81. The number of benzene rings is 9. The van der Waals surface area contributed by atoms with Gasteiger partial charge in [0.15, 0.2) is 23.0 Å². The fourth-order valence-electron chi connectivity index (χ4n) is 9.40. The summed E-state index contributed by atoms with van der Waals surface area (Å²) in [5, 5.41) is 4.84. The van der Waals surface area contributed by atoms with Gasteiger partial charge >= 0.3 is 0 Å². The highest BCUT2D eigenvalue weighted by Gasteiger charge is 2.25. The minimum atomic E-state index is 0.879. The van der Waals surface area contributed by atoms with E-state index < -0.39 is 0 Å². The zero-order valence-electron chi connectivity index (χ0n) is 31.2. The first-order valence-corrected chi connectivity index (χ1v) is 19.7. The molecule has 4 heterocycles. The molecule has 4 heteroatoms. The molecule has 11 aromatic rings. The lowest BCUT2D eigenvalue weighted by molar-refractivity contribution is 0.476. The molecule has 13 rings (SSSR count). The van der Waals surface area contributed by atoms with E-state index in [4.69, 9.17) is 9.47 Å². The summed E-state index contributed by atoms with van der Waals surface area (Å²) < 4.78 is 17.4. The van der Waals surface area contributed by atoms with E-state index in [1.54, 1.807) is 0 Å². The molecule has 58 heavy (non-hydrogen) atoms. The number of ether oxygens (including phenoxy) is 2. The minimum Gasteiger partial charge on any atom is -0.453 e. The minimum absolute atomic E-state index is 0.879. The van der Waals surface area contributed by atoms with Crippen molar-refractivity contribution < 1.29 is 9.47 Å². The fourth-order valence-corrected chi connectivity index (χ4v) is 9.40. The molecular weight excluding hydrogens is 709 g/mol. The highest BCUT2D eigenvalue weighted by molar-refractivity contribution is 6.14. The molecule has 0 bridgehead atoms. The normalized spacial score (nSPS) is 12.4. The lowest BCUT2D eigenvalue weighted by Gasteiger charge is -2.20. The quantitative estimate of drug-likeness (QED) is 0.180. The molecule has 9 aromatic carbocycles. The summed E-state index contributed by atoms with van der Waals surface area (Å²) >= 11 is 0. The summed E-state index contributed by atoms with van der Waals surface area (Å²) in [5.41, 5.74) is 16.3. The van der Waals surface area contributed by atoms with Gasteiger partial charge in [0.05, 0.1) is 33.4 Å². The van der Waals surface area contributed by atoms with Crippen molar-refractivity contribution in [1.29, 1.82) is 0 Å². The SMILES string of the molecule is c1cc(-c2ccc(-c3ccc4c(c3)c3cccc5c3n4-c3ccccc3O5)cc2)cc(-c2cccc(-c3ccc4c(c3)c3cccc5c3n4-c3ccccc3O5)c2)c1. The summed E-state index contributed by atoms with van der Waals surface area (Å²) in [7, 11) is 0. The van der Waals surface area contributed by atoms with E-state index in [0.29, 0.717) is 0 Å². The molecule has 0 saturated heterocycles. The van der Waals surface area contributed by atoms with E-state index in [-0.39, 0.29) is 0 Å². The summed E-state index contributed by atoms with van der Waals surface area (Å²) in [6.07, 6.45) is 0. The maximum absolute atomic E-state index is 6.35. The summed E-state index contributed by atoms with van der Waals surface area (Å²) in [6, 6.07) is 69.7. The number of aromatic nitrogens is 2. The molecule has 0 fully saturated rings. The summed E-state index contributed by atoms with van der Waals surface area (Å²) in [6.45, 7) is 0. The molecule has 2 aromatic heterocycles.